The third-order valence-corrected chi connectivity index (χ3v) is 5.35. The number of carbonyl (C=O) groups excluding carboxylic acids is 1. The smallest absolute Gasteiger partial charge is 0.228 e. The zero-order chi connectivity index (χ0) is 16.1. The van der Waals surface area contributed by atoms with Gasteiger partial charge >= 0.3 is 0 Å². The summed E-state index contributed by atoms with van der Waals surface area (Å²) in [5, 5.41) is 3.60. The summed E-state index contributed by atoms with van der Waals surface area (Å²) in [4.78, 5) is 13.3. The lowest BCUT2D eigenvalue weighted by Gasteiger charge is -2.10. The molecule has 1 N–H and O–H groups in total. The Labute approximate surface area is 140 Å². The highest BCUT2D eigenvalue weighted by molar-refractivity contribution is 8.00. The highest BCUT2D eigenvalue weighted by Crippen LogP contribution is 2.34. The highest BCUT2D eigenvalue weighted by atomic mass is 32.2. The summed E-state index contributed by atoms with van der Waals surface area (Å²) in [5.74, 6) is -0.449. The Morgan fingerprint density at radius 3 is 2.57 bits per heavy atom. The van der Waals surface area contributed by atoms with Crippen LogP contribution in [0.1, 0.15) is 31.2 Å². The SMILES string of the molecule is O=C(Cc1cccc(F)c1)Nc1ccc(SC2CCCC2)cc1. The molecule has 0 saturated heterocycles. The fourth-order valence-electron chi connectivity index (χ4n) is 2.85. The molecule has 0 atom stereocenters. The fourth-order valence-corrected chi connectivity index (χ4v) is 4.10. The number of hydrogen-bond acceptors (Lipinski definition) is 2. The summed E-state index contributed by atoms with van der Waals surface area (Å²) in [6.45, 7) is 0. The minimum atomic E-state index is -0.316. The van der Waals surface area contributed by atoms with Crippen LogP contribution < -0.4 is 5.32 Å². The van der Waals surface area contributed by atoms with Crippen LogP contribution in [0.5, 0.6) is 0 Å². The van der Waals surface area contributed by atoms with Gasteiger partial charge in [0.1, 0.15) is 5.82 Å². The summed E-state index contributed by atoms with van der Waals surface area (Å²) in [7, 11) is 0. The molecule has 1 fully saturated rings. The number of thioether (sulfide) groups is 1. The van der Waals surface area contributed by atoms with Crippen molar-refractivity contribution in [3.8, 4) is 0 Å². The lowest BCUT2D eigenvalue weighted by molar-refractivity contribution is -0.115. The third-order valence-electron chi connectivity index (χ3n) is 4.00. The monoisotopic (exact) mass is 329 g/mol. The average Bonchev–Trinajstić information content (AvgIpc) is 3.02. The first-order chi connectivity index (χ1) is 11.2. The van der Waals surface area contributed by atoms with Crippen molar-refractivity contribution in [1.82, 2.24) is 0 Å². The Bertz CT molecular complexity index is 665. The highest BCUT2D eigenvalue weighted by Gasteiger charge is 2.15. The fraction of sp³-hybridized carbons (Fsp3) is 0.316. The van der Waals surface area contributed by atoms with Gasteiger partial charge in [0.2, 0.25) is 5.91 Å². The molecular formula is C19H20FNOS. The van der Waals surface area contributed by atoms with Crippen molar-refractivity contribution in [3.63, 3.8) is 0 Å². The molecule has 0 radical (unpaired) electrons. The Morgan fingerprint density at radius 1 is 1.13 bits per heavy atom. The van der Waals surface area contributed by atoms with Gasteiger partial charge in [-0.1, -0.05) is 25.0 Å². The molecule has 0 bridgehead atoms. The maximum atomic E-state index is 13.1. The van der Waals surface area contributed by atoms with Gasteiger partial charge in [-0.3, -0.25) is 4.79 Å². The van der Waals surface area contributed by atoms with E-state index in [4.69, 9.17) is 0 Å². The quantitative estimate of drug-likeness (QED) is 0.832. The number of hydrogen-bond donors (Lipinski definition) is 1. The van der Waals surface area contributed by atoms with Crippen LogP contribution in [0.25, 0.3) is 0 Å². The molecule has 1 amide bonds. The van der Waals surface area contributed by atoms with Gasteiger partial charge in [-0.15, -0.1) is 11.8 Å². The summed E-state index contributed by atoms with van der Waals surface area (Å²) in [5.41, 5.74) is 1.46. The normalized spacial score (nSPS) is 14.8. The van der Waals surface area contributed by atoms with Crippen molar-refractivity contribution in [3.05, 3.63) is 59.9 Å². The van der Waals surface area contributed by atoms with Crippen molar-refractivity contribution in [2.75, 3.05) is 5.32 Å². The second kappa shape index (κ2) is 7.64. The first-order valence-electron chi connectivity index (χ1n) is 8.00. The van der Waals surface area contributed by atoms with Crippen molar-refractivity contribution in [1.29, 1.82) is 0 Å². The number of rotatable bonds is 5. The van der Waals surface area contributed by atoms with Crippen LogP contribution in [-0.2, 0) is 11.2 Å². The second-order valence-electron chi connectivity index (χ2n) is 5.90. The Balaban J connectivity index is 1.54. The lowest BCUT2D eigenvalue weighted by Crippen LogP contribution is -2.14. The number of halogens is 1. The number of benzene rings is 2. The van der Waals surface area contributed by atoms with E-state index >= 15 is 0 Å². The van der Waals surface area contributed by atoms with Gasteiger partial charge in [0.15, 0.2) is 0 Å². The lowest BCUT2D eigenvalue weighted by atomic mass is 10.1. The molecule has 3 rings (SSSR count). The molecule has 2 aromatic carbocycles. The third kappa shape index (κ3) is 4.83. The Morgan fingerprint density at radius 2 is 1.87 bits per heavy atom. The van der Waals surface area contributed by atoms with Crippen LogP contribution in [0.4, 0.5) is 10.1 Å². The maximum absolute atomic E-state index is 13.1. The Kier molecular flexibility index (Phi) is 5.34. The van der Waals surface area contributed by atoms with E-state index in [0.29, 0.717) is 5.56 Å². The molecule has 1 aliphatic rings. The van der Waals surface area contributed by atoms with Gasteiger partial charge in [0, 0.05) is 15.8 Å². The first-order valence-corrected chi connectivity index (χ1v) is 8.88. The largest absolute Gasteiger partial charge is 0.326 e. The van der Waals surface area contributed by atoms with E-state index < -0.39 is 0 Å². The second-order valence-corrected chi connectivity index (χ2v) is 7.28. The van der Waals surface area contributed by atoms with Crippen LogP contribution >= 0.6 is 11.8 Å². The zero-order valence-electron chi connectivity index (χ0n) is 12.9. The molecular weight excluding hydrogens is 309 g/mol. The van der Waals surface area contributed by atoms with Crippen molar-refractivity contribution in [2.45, 2.75) is 42.2 Å². The Hall–Kier alpha value is -1.81. The number of amides is 1. The van der Waals surface area contributed by atoms with Crippen LogP contribution in [0.2, 0.25) is 0 Å². The molecule has 0 heterocycles. The first kappa shape index (κ1) is 16.1. The topological polar surface area (TPSA) is 29.1 Å². The van der Waals surface area contributed by atoms with E-state index in [9.17, 15) is 9.18 Å². The molecule has 2 nitrogen and oxygen atoms in total. The van der Waals surface area contributed by atoms with E-state index in [2.05, 4.69) is 17.4 Å². The minimum absolute atomic E-state index is 0.133. The van der Waals surface area contributed by atoms with Gasteiger partial charge in [0.05, 0.1) is 6.42 Å². The van der Waals surface area contributed by atoms with Crippen LogP contribution in [0.3, 0.4) is 0 Å². The molecule has 120 valence electrons. The van der Waals surface area contributed by atoms with E-state index in [0.717, 1.165) is 10.9 Å². The molecule has 0 aliphatic heterocycles. The number of anilines is 1. The van der Waals surface area contributed by atoms with Gasteiger partial charge < -0.3 is 5.32 Å². The van der Waals surface area contributed by atoms with Gasteiger partial charge in [-0.2, -0.15) is 0 Å². The molecule has 1 aliphatic carbocycles. The molecule has 0 unspecified atom stereocenters. The van der Waals surface area contributed by atoms with E-state index in [1.165, 1.54) is 42.7 Å². The van der Waals surface area contributed by atoms with Crippen molar-refractivity contribution < 1.29 is 9.18 Å². The van der Waals surface area contributed by atoms with Crippen LogP contribution in [0.15, 0.2) is 53.4 Å². The van der Waals surface area contributed by atoms with E-state index in [1.807, 2.05) is 23.9 Å². The molecule has 2 aromatic rings. The average molecular weight is 329 g/mol. The maximum Gasteiger partial charge on any atom is 0.228 e. The minimum Gasteiger partial charge on any atom is -0.326 e. The molecule has 1 saturated carbocycles. The number of nitrogens with one attached hydrogen (secondary N) is 1. The standard InChI is InChI=1S/C19H20FNOS/c20-15-5-3-4-14(12-15)13-19(22)21-16-8-10-18(11-9-16)23-17-6-1-2-7-17/h3-5,8-12,17H,1-2,6-7,13H2,(H,21,22). The van der Waals surface area contributed by atoms with Crippen molar-refractivity contribution >= 4 is 23.4 Å². The number of carbonyl (C=O) groups is 1. The molecule has 23 heavy (non-hydrogen) atoms. The molecule has 4 heteroatoms. The van der Waals surface area contributed by atoms with E-state index in [1.54, 1.807) is 12.1 Å². The van der Waals surface area contributed by atoms with Crippen LogP contribution in [0, 0.1) is 5.82 Å². The predicted octanol–water partition coefficient (Wildman–Crippen LogP) is 5.04. The van der Waals surface area contributed by atoms with Gasteiger partial charge in [-0.05, 0) is 54.8 Å². The summed E-state index contributed by atoms with van der Waals surface area (Å²) < 4.78 is 13.1. The van der Waals surface area contributed by atoms with Gasteiger partial charge in [-0.25, -0.2) is 4.39 Å². The van der Waals surface area contributed by atoms with Crippen molar-refractivity contribution in [2.24, 2.45) is 0 Å². The summed E-state index contributed by atoms with van der Waals surface area (Å²) in [6.07, 6.45) is 5.46. The summed E-state index contributed by atoms with van der Waals surface area (Å²) in [6, 6.07) is 14.1. The molecule has 0 spiro atoms. The van der Waals surface area contributed by atoms with Gasteiger partial charge in [0.25, 0.3) is 0 Å². The van der Waals surface area contributed by atoms with Crippen LogP contribution in [-0.4, -0.2) is 11.2 Å². The van der Waals surface area contributed by atoms with E-state index in [-0.39, 0.29) is 18.1 Å². The molecule has 0 aromatic heterocycles. The zero-order valence-corrected chi connectivity index (χ0v) is 13.7. The predicted molar refractivity (Wildman–Crippen MR) is 93.3 cm³/mol. The summed E-state index contributed by atoms with van der Waals surface area (Å²) >= 11 is 1.93.